The number of anilines is 2. The van der Waals surface area contributed by atoms with Crippen LogP contribution in [0, 0.1) is 6.92 Å². The zero-order chi connectivity index (χ0) is 20.1. The van der Waals surface area contributed by atoms with Gasteiger partial charge in [0.15, 0.2) is 0 Å². The van der Waals surface area contributed by atoms with Crippen LogP contribution in [-0.2, 0) is 12.7 Å². The van der Waals surface area contributed by atoms with Gasteiger partial charge in [-0.3, -0.25) is 4.79 Å². The number of amides is 1. The van der Waals surface area contributed by atoms with Gasteiger partial charge in [-0.1, -0.05) is 29.8 Å². The molecule has 144 valence electrons. The summed E-state index contributed by atoms with van der Waals surface area (Å²) in [6, 6.07) is 12.3. The van der Waals surface area contributed by atoms with Gasteiger partial charge in [-0.25, -0.2) is 9.97 Å². The van der Waals surface area contributed by atoms with E-state index in [1.54, 1.807) is 0 Å². The number of carbonyl (C=O) groups is 1. The quantitative estimate of drug-likeness (QED) is 0.679. The molecule has 0 spiro atoms. The van der Waals surface area contributed by atoms with Gasteiger partial charge in [0.2, 0.25) is 0 Å². The summed E-state index contributed by atoms with van der Waals surface area (Å²) in [5.41, 5.74) is 1.92. The van der Waals surface area contributed by atoms with Crippen molar-refractivity contribution in [3.05, 3.63) is 83.3 Å². The molecule has 0 aliphatic heterocycles. The molecule has 0 aliphatic carbocycles. The van der Waals surface area contributed by atoms with Crippen molar-refractivity contribution in [1.82, 2.24) is 15.3 Å². The van der Waals surface area contributed by atoms with Crippen LogP contribution < -0.4 is 10.6 Å². The molecule has 0 atom stereocenters. The minimum Gasteiger partial charge on any atom is -0.347 e. The van der Waals surface area contributed by atoms with E-state index >= 15 is 0 Å². The first-order valence-electron chi connectivity index (χ1n) is 8.41. The van der Waals surface area contributed by atoms with Crippen LogP contribution in [0.25, 0.3) is 0 Å². The lowest BCUT2D eigenvalue weighted by atomic mass is 10.1. The third-order valence-corrected chi connectivity index (χ3v) is 3.90. The van der Waals surface area contributed by atoms with Crippen molar-refractivity contribution in [3.8, 4) is 0 Å². The van der Waals surface area contributed by atoms with E-state index in [4.69, 9.17) is 0 Å². The van der Waals surface area contributed by atoms with Crippen LogP contribution in [0.2, 0.25) is 0 Å². The Hall–Kier alpha value is -3.42. The Morgan fingerprint density at radius 2 is 1.79 bits per heavy atom. The van der Waals surface area contributed by atoms with Gasteiger partial charge in [0.25, 0.3) is 5.91 Å². The summed E-state index contributed by atoms with van der Waals surface area (Å²) < 4.78 is 37.7. The molecule has 5 nitrogen and oxygen atoms in total. The second kappa shape index (κ2) is 8.08. The van der Waals surface area contributed by atoms with E-state index in [0.29, 0.717) is 18.1 Å². The fourth-order valence-corrected chi connectivity index (χ4v) is 2.50. The van der Waals surface area contributed by atoms with Crippen molar-refractivity contribution >= 4 is 17.4 Å². The highest BCUT2D eigenvalue weighted by Gasteiger charge is 2.29. The molecule has 0 bridgehead atoms. The van der Waals surface area contributed by atoms with Crippen LogP contribution in [0.15, 0.2) is 60.9 Å². The predicted octanol–water partition coefficient (Wildman–Crippen LogP) is 4.48. The SMILES string of the molecule is Cc1cccc(CNC(=O)c2cnc(Nc3ccc(C(F)(F)F)cc3)cn2)c1. The Kier molecular flexibility index (Phi) is 5.58. The average Bonchev–Trinajstić information content (AvgIpc) is 2.66. The number of aromatic nitrogens is 2. The second-order valence-corrected chi connectivity index (χ2v) is 6.16. The lowest BCUT2D eigenvalue weighted by Gasteiger charge is -2.09. The molecule has 1 heterocycles. The summed E-state index contributed by atoms with van der Waals surface area (Å²) in [5.74, 6) is -0.0509. The minimum atomic E-state index is -4.38. The number of carbonyl (C=O) groups excluding carboxylic acids is 1. The zero-order valence-electron chi connectivity index (χ0n) is 14.9. The van der Waals surface area contributed by atoms with Crippen LogP contribution in [0.4, 0.5) is 24.7 Å². The van der Waals surface area contributed by atoms with Gasteiger partial charge in [-0.05, 0) is 36.8 Å². The molecule has 3 aromatic rings. The topological polar surface area (TPSA) is 66.9 Å². The summed E-state index contributed by atoms with van der Waals surface area (Å²) in [7, 11) is 0. The monoisotopic (exact) mass is 386 g/mol. The van der Waals surface area contributed by atoms with Crippen molar-refractivity contribution in [3.63, 3.8) is 0 Å². The van der Waals surface area contributed by atoms with Gasteiger partial charge >= 0.3 is 6.18 Å². The van der Waals surface area contributed by atoms with E-state index in [1.165, 1.54) is 24.5 Å². The molecule has 28 heavy (non-hydrogen) atoms. The maximum Gasteiger partial charge on any atom is 0.416 e. The van der Waals surface area contributed by atoms with Gasteiger partial charge in [0.1, 0.15) is 11.5 Å². The van der Waals surface area contributed by atoms with E-state index in [-0.39, 0.29) is 11.6 Å². The van der Waals surface area contributed by atoms with E-state index in [0.717, 1.165) is 23.3 Å². The average molecular weight is 386 g/mol. The number of hydrogen-bond donors (Lipinski definition) is 2. The van der Waals surface area contributed by atoms with Crippen LogP contribution >= 0.6 is 0 Å². The highest BCUT2D eigenvalue weighted by Crippen LogP contribution is 2.30. The Morgan fingerprint density at radius 3 is 2.39 bits per heavy atom. The van der Waals surface area contributed by atoms with Crippen molar-refractivity contribution in [2.75, 3.05) is 5.32 Å². The number of nitrogens with zero attached hydrogens (tertiary/aromatic N) is 2. The molecule has 0 unspecified atom stereocenters. The smallest absolute Gasteiger partial charge is 0.347 e. The number of nitrogens with one attached hydrogen (secondary N) is 2. The molecule has 1 amide bonds. The summed E-state index contributed by atoms with van der Waals surface area (Å²) in [4.78, 5) is 20.3. The number of hydrogen-bond acceptors (Lipinski definition) is 4. The number of aryl methyl sites for hydroxylation is 1. The molecule has 2 aromatic carbocycles. The standard InChI is InChI=1S/C20H17F3N4O/c1-13-3-2-4-14(9-13)10-26-19(28)17-11-25-18(12-24-17)27-16-7-5-15(6-8-16)20(21,22)23/h2-9,11-12H,10H2,1H3,(H,25,27)(H,26,28). The van der Waals surface area contributed by atoms with Crippen molar-refractivity contribution in [1.29, 1.82) is 0 Å². The van der Waals surface area contributed by atoms with E-state index in [9.17, 15) is 18.0 Å². The molecule has 1 aromatic heterocycles. The van der Waals surface area contributed by atoms with E-state index < -0.39 is 11.7 Å². The third-order valence-electron chi connectivity index (χ3n) is 3.90. The van der Waals surface area contributed by atoms with Gasteiger partial charge in [-0.15, -0.1) is 0 Å². The molecule has 0 saturated carbocycles. The molecular formula is C20H17F3N4O. The molecule has 0 radical (unpaired) electrons. The van der Waals surface area contributed by atoms with Crippen molar-refractivity contribution in [2.45, 2.75) is 19.6 Å². The van der Waals surface area contributed by atoms with E-state index in [2.05, 4.69) is 20.6 Å². The summed E-state index contributed by atoms with van der Waals surface area (Å²) in [6.45, 7) is 2.34. The molecule has 0 aliphatic rings. The predicted molar refractivity (Wildman–Crippen MR) is 99.1 cm³/mol. The van der Waals surface area contributed by atoms with Crippen molar-refractivity contribution in [2.24, 2.45) is 0 Å². The summed E-state index contributed by atoms with van der Waals surface area (Å²) in [6.07, 6.45) is -1.73. The van der Waals surface area contributed by atoms with Crippen LogP contribution in [-0.4, -0.2) is 15.9 Å². The van der Waals surface area contributed by atoms with Gasteiger partial charge < -0.3 is 10.6 Å². The number of rotatable bonds is 5. The Balaban J connectivity index is 1.59. The molecular weight excluding hydrogens is 369 g/mol. The number of benzene rings is 2. The molecule has 0 fully saturated rings. The second-order valence-electron chi connectivity index (χ2n) is 6.16. The molecule has 0 saturated heterocycles. The summed E-state index contributed by atoms with van der Waals surface area (Å²) in [5, 5.41) is 5.60. The first-order valence-corrected chi connectivity index (χ1v) is 8.41. The zero-order valence-corrected chi connectivity index (χ0v) is 14.9. The van der Waals surface area contributed by atoms with Crippen LogP contribution in [0.3, 0.4) is 0 Å². The molecule has 2 N–H and O–H groups in total. The fraction of sp³-hybridized carbons (Fsp3) is 0.150. The lowest BCUT2D eigenvalue weighted by Crippen LogP contribution is -2.24. The summed E-state index contributed by atoms with van der Waals surface area (Å²) >= 11 is 0. The first kappa shape index (κ1) is 19.3. The Labute approximate surface area is 159 Å². The van der Waals surface area contributed by atoms with Gasteiger partial charge in [-0.2, -0.15) is 13.2 Å². The fourth-order valence-electron chi connectivity index (χ4n) is 2.50. The highest BCUT2D eigenvalue weighted by molar-refractivity contribution is 5.92. The maximum absolute atomic E-state index is 12.6. The largest absolute Gasteiger partial charge is 0.416 e. The van der Waals surface area contributed by atoms with Gasteiger partial charge in [0, 0.05) is 12.2 Å². The highest BCUT2D eigenvalue weighted by atomic mass is 19.4. The number of halogens is 3. The molecule has 8 heteroatoms. The van der Waals surface area contributed by atoms with Gasteiger partial charge in [0.05, 0.1) is 18.0 Å². The van der Waals surface area contributed by atoms with Crippen LogP contribution in [0.5, 0.6) is 0 Å². The Morgan fingerprint density at radius 1 is 1.04 bits per heavy atom. The van der Waals surface area contributed by atoms with Crippen molar-refractivity contribution < 1.29 is 18.0 Å². The number of alkyl halides is 3. The van der Waals surface area contributed by atoms with E-state index in [1.807, 2.05) is 31.2 Å². The normalized spacial score (nSPS) is 11.1. The minimum absolute atomic E-state index is 0.144. The molecule has 3 rings (SSSR count). The lowest BCUT2D eigenvalue weighted by molar-refractivity contribution is -0.137. The first-order chi connectivity index (χ1) is 13.3. The third kappa shape index (κ3) is 5.06. The maximum atomic E-state index is 12.6. The Bertz CT molecular complexity index is 954. The van der Waals surface area contributed by atoms with Crippen LogP contribution in [0.1, 0.15) is 27.2 Å².